The van der Waals surface area contributed by atoms with E-state index in [-0.39, 0.29) is 12.0 Å². The predicted octanol–water partition coefficient (Wildman–Crippen LogP) is 2.67. The summed E-state index contributed by atoms with van der Waals surface area (Å²) in [6, 6.07) is 3.90. The number of carbonyl (C=O) groups excluding carboxylic acids is 1. The molecular formula is C16H19N3O2S. The number of rotatable bonds is 4. The molecule has 2 aromatic rings. The average Bonchev–Trinajstić information content (AvgIpc) is 3.00. The zero-order valence-corrected chi connectivity index (χ0v) is 13.4. The Kier molecular flexibility index (Phi) is 4.80. The molecule has 22 heavy (non-hydrogen) atoms. The molecule has 0 N–H and O–H groups in total. The topological polar surface area (TPSA) is 55.3 Å². The van der Waals surface area contributed by atoms with Gasteiger partial charge < -0.3 is 9.64 Å². The fourth-order valence-corrected chi connectivity index (χ4v) is 3.17. The van der Waals surface area contributed by atoms with Gasteiger partial charge in [-0.3, -0.25) is 9.78 Å². The van der Waals surface area contributed by atoms with Crippen molar-refractivity contribution in [3.8, 4) is 0 Å². The summed E-state index contributed by atoms with van der Waals surface area (Å²) in [5.74, 6) is 0.0130. The van der Waals surface area contributed by atoms with Crippen LogP contribution in [-0.2, 0) is 11.3 Å². The van der Waals surface area contributed by atoms with Crippen molar-refractivity contribution in [2.75, 3.05) is 13.1 Å². The first-order valence-electron chi connectivity index (χ1n) is 7.44. The number of hydrogen-bond donors (Lipinski definition) is 0. The van der Waals surface area contributed by atoms with Gasteiger partial charge in [-0.15, -0.1) is 11.3 Å². The molecule has 0 radical (unpaired) electrons. The molecule has 1 fully saturated rings. The Morgan fingerprint density at radius 2 is 2.45 bits per heavy atom. The molecule has 0 aliphatic carbocycles. The number of thiazole rings is 1. The van der Waals surface area contributed by atoms with Crippen molar-refractivity contribution in [1.82, 2.24) is 14.9 Å². The first-order chi connectivity index (χ1) is 10.7. The summed E-state index contributed by atoms with van der Waals surface area (Å²) in [4.78, 5) is 22.7. The van der Waals surface area contributed by atoms with Crippen LogP contribution in [0.15, 0.2) is 29.9 Å². The number of aromatic nitrogens is 2. The van der Waals surface area contributed by atoms with Crippen molar-refractivity contribution in [2.45, 2.75) is 32.5 Å². The maximum Gasteiger partial charge on any atom is 0.273 e. The molecule has 5 nitrogen and oxygen atoms in total. The van der Waals surface area contributed by atoms with Crippen molar-refractivity contribution >= 4 is 17.2 Å². The van der Waals surface area contributed by atoms with Gasteiger partial charge in [0.2, 0.25) is 0 Å². The Hall–Kier alpha value is -1.79. The van der Waals surface area contributed by atoms with Crippen LogP contribution in [0.5, 0.6) is 0 Å². The number of piperidine rings is 1. The molecule has 6 heteroatoms. The summed E-state index contributed by atoms with van der Waals surface area (Å²) in [6.07, 6.45) is 5.59. The Bertz CT molecular complexity index is 629. The van der Waals surface area contributed by atoms with Gasteiger partial charge in [0.1, 0.15) is 5.69 Å². The normalized spacial score (nSPS) is 18.4. The number of nitrogens with zero attached hydrogens (tertiary/aromatic N) is 3. The van der Waals surface area contributed by atoms with Crippen LogP contribution in [0, 0.1) is 6.92 Å². The molecule has 1 saturated heterocycles. The Labute approximate surface area is 134 Å². The molecule has 1 aliphatic heterocycles. The number of carbonyl (C=O) groups is 1. The number of likely N-dealkylation sites (tertiary alicyclic amines) is 1. The highest BCUT2D eigenvalue weighted by atomic mass is 32.1. The van der Waals surface area contributed by atoms with Crippen LogP contribution < -0.4 is 0 Å². The molecule has 0 aromatic carbocycles. The Balaban J connectivity index is 1.56. The number of pyridine rings is 1. The van der Waals surface area contributed by atoms with Crippen LogP contribution in [0.4, 0.5) is 0 Å². The zero-order valence-electron chi connectivity index (χ0n) is 12.6. The van der Waals surface area contributed by atoms with Crippen molar-refractivity contribution in [2.24, 2.45) is 0 Å². The van der Waals surface area contributed by atoms with E-state index in [4.69, 9.17) is 4.74 Å². The van der Waals surface area contributed by atoms with Gasteiger partial charge in [-0.2, -0.15) is 0 Å². The molecule has 0 bridgehead atoms. The predicted molar refractivity (Wildman–Crippen MR) is 84.8 cm³/mol. The van der Waals surface area contributed by atoms with Gasteiger partial charge in [-0.05, 0) is 31.4 Å². The second-order valence-corrected chi connectivity index (χ2v) is 6.50. The minimum Gasteiger partial charge on any atom is -0.372 e. The van der Waals surface area contributed by atoms with E-state index < -0.39 is 0 Å². The van der Waals surface area contributed by atoms with Crippen LogP contribution in [-0.4, -0.2) is 40.0 Å². The second kappa shape index (κ2) is 6.98. The lowest BCUT2D eigenvalue weighted by atomic mass is 10.1. The third kappa shape index (κ3) is 3.69. The maximum atomic E-state index is 12.4. The minimum atomic E-state index is 0.0130. The first-order valence-corrected chi connectivity index (χ1v) is 8.32. The van der Waals surface area contributed by atoms with E-state index in [0.29, 0.717) is 18.8 Å². The van der Waals surface area contributed by atoms with Gasteiger partial charge in [0.05, 0.1) is 17.7 Å². The quantitative estimate of drug-likeness (QED) is 0.870. The summed E-state index contributed by atoms with van der Waals surface area (Å²) in [6.45, 7) is 3.87. The van der Waals surface area contributed by atoms with Gasteiger partial charge in [0.25, 0.3) is 5.91 Å². The molecule has 1 aliphatic rings. The van der Waals surface area contributed by atoms with Crippen molar-refractivity contribution in [3.63, 3.8) is 0 Å². The summed E-state index contributed by atoms with van der Waals surface area (Å²) >= 11 is 1.51. The molecular weight excluding hydrogens is 298 g/mol. The second-order valence-electron chi connectivity index (χ2n) is 5.44. The molecule has 116 valence electrons. The lowest BCUT2D eigenvalue weighted by Crippen LogP contribution is -2.43. The minimum absolute atomic E-state index is 0.0130. The lowest BCUT2D eigenvalue weighted by molar-refractivity contribution is -0.00695. The van der Waals surface area contributed by atoms with Gasteiger partial charge in [-0.1, -0.05) is 6.07 Å². The molecule has 0 spiro atoms. The van der Waals surface area contributed by atoms with Crippen LogP contribution in [0.3, 0.4) is 0 Å². The third-order valence-electron chi connectivity index (χ3n) is 3.71. The molecule has 1 atom stereocenters. The van der Waals surface area contributed by atoms with Gasteiger partial charge in [0.15, 0.2) is 0 Å². The van der Waals surface area contributed by atoms with Gasteiger partial charge in [0, 0.05) is 30.9 Å². The smallest absolute Gasteiger partial charge is 0.273 e. The highest BCUT2D eigenvalue weighted by molar-refractivity contribution is 7.09. The van der Waals surface area contributed by atoms with Crippen LogP contribution >= 0.6 is 11.3 Å². The Morgan fingerprint density at radius 3 is 3.18 bits per heavy atom. The van der Waals surface area contributed by atoms with Crippen molar-refractivity contribution in [3.05, 3.63) is 46.2 Å². The lowest BCUT2D eigenvalue weighted by Gasteiger charge is -2.32. The molecule has 2 aromatic heterocycles. The monoisotopic (exact) mass is 317 g/mol. The van der Waals surface area contributed by atoms with Crippen molar-refractivity contribution < 1.29 is 9.53 Å². The summed E-state index contributed by atoms with van der Waals surface area (Å²) in [5, 5.41) is 2.75. The van der Waals surface area contributed by atoms with Crippen LogP contribution in [0.2, 0.25) is 0 Å². The molecule has 1 amide bonds. The van der Waals surface area contributed by atoms with Crippen molar-refractivity contribution in [1.29, 1.82) is 0 Å². The standard InChI is InChI=1S/C16H19N3O2S/c1-12-18-15(11-22-12)16(20)19-7-3-5-14(9-19)21-10-13-4-2-6-17-8-13/h2,4,6,8,11,14H,3,5,7,9-10H2,1H3/t14-/m1/s1. The summed E-state index contributed by atoms with van der Waals surface area (Å²) < 4.78 is 5.94. The first kappa shape index (κ1) is 15.1. The largest absolute Gasteiger partial charge is 0.372 e. The van der Waals surface area contributed by atoms with E-state index in [2.05, 4.69) is 9.97 Å². The summed E-state index contributed by atoms with van der Waals surface area (Å²) in [7, 11) is 0. The van der Waals surface area contributed by atoms with E-state index in [1.54, 1.807) is 6.20 Å². The van der Waals surface area contributed by atoms with E-state index in [9.17, 15) is 4.79 Å². The fourth-order valence-electron chi connectivity index (χ4n) is 2.58. The fraction of sp³-hybridized carbons (Fsp3) is 0.438. The van der Waals surface area contributed by atoms with E-state index >= 15 is 0 Å². The maximum absolute atomic E-state index is 12.4. The van der Waals surface area contributed by atoms with Gasteiger partial charge >= 0.3 is 0 Å². The molecule has 0 saturated carbocycles. The molecule has 0 unspecified atom stereocenters. The Morgan fingerprint density at radius 1 is 1.55 bits per heavy atom. The highest BCUT2D eigenvalue weighted by Crippen LogP contribution is 2.18. The van der Waals surface area contributed by atoms with Gasteiger partial charge in [-0.25, -0.2) is 4.98 Å². The van der Waals surface area contributed by atoms with E-state index in [1.807, 2.05) is 35.5 Å². The average molecular weight is 317 g/mol. The number of ether oxygens (including phenoxy) is 1. The van der Waals surface area contributed by atoms with E-state index in [0.717, 1.165) is 30.0 Å². The van der Waals surface area contributed by atoms with Crippen LogP contribution in [0.25, 0.3) is 0 Å². The number of amides is 1. The summed E-state index contributed by atoms with van der Waals surface area (Å²) in [5.41, 5.74) is 1.61. The SMILES string of the molecule is Cc1nc(C(=O)N2CCC[C@@H](OCc3cccnc3)C2)cs1. The molecule has 3 rings (SSSR count). The van der Waals surface area contributed by atoms with Crippen LogP contribution in [0.1, 0.15) is 33.9 Å². The highest BCUT2D eigenvalue weighted by Gasteiger charge is 2.26. The number of aryl methyl sites for hydroxylation is 1. The molecule has 3 heterocycles. The number of hydrogen-bond acceptors (Lipinski definition) is 5. The van der Waals surface area contributed by atoms with E-state index in [1.165, 1.54) is 11.3 Å². The third-order valence-corrected chi connectivity index (χ3v) is 4.49. The zero-order chi connectivity index (χ0) is 15.4.